The van der Waals surface area contributed by atoms with E-state index in [1.165, 1.54) is 12.1 Å². The number of hydrogen-bond acceptors (Lipinski definition) is 11. The molecule has 228 valence electrons. The van der Waals surface area contributed by atoms with Gasteiger partial charge in [0.25, 0.3) is 10.1 Å². The normalized spacial score (nSPS) is 11.8. The highest BCUT2D eigenvalue weighted by Crippen LogP contribution is 2.12. The molecule has 0 aliphatic rings. The van der Waals surface area contributed by atoms with Gasteiger partial charge in [-0.05, 0) is 25.5 Å². The Hall–Kier alpha value is -1.19. The molecule has 0 aliphatic heterocycles. The fraction of sp³-hybridized carbons (Fsp3) is 0.778. The van der Waals surface area contributed by atoms with Gasteiger partial charge in [0.2, 0.25) is 0 Å². The largest absolute Gasteiger partial charge is 0.379 e. The van der Waals surface area contributed by atoms with Crippen molar-refractivity contribution in [3.63, 3.8) is 0 Å². The average Bonchev–Trinajstić information content (AvgIpc) is 2.93. The molecule has 1 rings (SSSR count). The van der Waals surface area contributed by atoms with Gasteiger partial charge in [0.15, 0.2) is 0 Å². The molecule has 0 unspecified atom stereocenters. The van der Waals surface area contributed by atoms with Crippen LogP contribution in [0.4, 0.5) is 0 Å². The Morgan fingerprint density at radius 2 is 0.795 bits per heavy atom. The van der Waals surface area contributed by atoms with E-state index >= 15 is 0 Å². The third-order valence-electron chi connectivity index (χ3n) is 5.02. The summed E-state index contributed by atoms with van der Waals surface area (Å²) in [7, 11) is -3.76. The molecule has 1 aromatic rings. The van der Waals surface area contributed by atoms with Crippen LogP contribution >= 0.6 is 0 Å². The van der Waals surface area contributed by atoms with E-state index in [0.717, 1.165) is 25.0 Å². The second kappa shape index (κ2) is 25.8. The molecule has 12 heteroatoms. The van der Waals surface area contributed by atoms with E-state index in [2.05, 4.69) is 6.92 Å². The Balaban J connectivity index is 1.72. The molecule has 0 bridgehead atoms. The van der Waals surface area contributed by atoms with Crippen molar-refractivity contribution in [1.29, 1.82) is 0 Å². The van der Waals surface area contributed by atoms with Crippen molar-refractivity contribution in [2.24, 2.45) is 0 Å². The minimum Gasteiger partial charge on any atom is -0.379 e. The van der Waals surface area contributed by atoms with Crippen molar-refractivity contribution in [3.8, 4) is 0 Å². The number of rotatable bonds is 29. The van der Waals surface area contributed by atoms with Gasteiger partial charge in [-0.3, -0.25) is 4.18 Å². The van der Waals surface area contributed by atoms with E-state index in [-0.39, 0.29) is 18.1 Å². The molecule has 0 aliphatic carbocycles. The quantitative estimate of drug-likeness (QED) is 0.103. The van der Waals surface area contributed by atoms with Crippen molar-refractivity contribution in [1.82, 2.24) is 0 Å². The first kappa shape index (κ1) is 35.8. The van der Waals surface area contributed by atoms with Crippen LogP contribution in [-0.4, -0.2) is 121 Å². The molecule has 0 N–H and O–H groups in total. The van der Waals surface area contributed by atoms with Gasteiger partial charge in [-0.1, -0.05) is 31.0 Å². The summed E-state index contributed by atoms with van der Waals surface area (Å²) >= 11 is 0. The number of unbranched alkanes of at least 4 members (excludes halogenated alkanes) is 1. The maximum absolute atomic E-state index is 12.0. The summed E-state index contributed by atoms with van der Waals surface area (Å²) in [5.74, 6) is 0. The summed E-state index contributed by atoms with van der Waals surface area (Å²) in [5, 5.41) is 0. The molecular formula is C27H48O11S. The van der Waals surface area contributed by atoms with E-state index in [9.17, 15) is 8.42 Å². The van der Waals surface area contributed by atoms with Crippen molar-refractivity contribution in [2.75, 3.05) is 112 Å². The van der Waals surface area contributed by atoms with Crippen molar-refractivity contribution in [3.05, 3.63) is 29.8 Å². The molecule has 1 aromatic carbocycles. The lowest BCUT2D eigenvalue weighted by molar-refractivity contribution is -0.0236. The lowest BCUT2D eigenvalue weighted by atomic mass is 10.2. The van der Waals surface area contributed by atoms with Crippen LogP contribution in [0.2, 0.25) is 0 Å². The first-order valence-corrected chi connectivity index (χ1v) is 15.0. The zero-order chi connectivity index (χ0) is 28.3. The van der Waals surface area contributed by atoms with Gasteiger partial charge in [-0.25, -0.2) is 0 Å². The van der Waals surface area contributed by atoms with Gasteiger partial charge in [0, 0.05) is 6.61 Å². The smallest absolute Gasteiger partial charge is 0.297 e. The average molecular weight is 581 g/mol. The molecule has 39 heavy (non-hydrogen) atoms. The Morgan fingerprint density at radius 1 is 0.487 bits per heavy atom. The maximum atomic E-state index is 12.0. The molecule has 11 nitrogen and oxygen atoms in total. The first-order valence-electron chi connectivity index (χ1n) is 13.6. The van der Waals surface area contributed by atoms with Crippen LogP contribution in [0.25, 0.3) is 0 Å². The minimum atomic E-state index is -3.76. The van der Waals surface area contributed by atoms with Crippen LogP contribution in [-0.2, 0) is 52.2 Å². The summed E-state index contributed by atoms with van der Waals surface area (Å²) in [6.45, 7) is 11.8. The Kier molecular flexibility index (Phi) is 23.7. The first-order chi connectivity index (χ1) is 19.1. The minimum absolute atomic E-state index is 0.0522. The Bertz CT molecular complexity index is 760. The molecular weight excluding hydrogens is 532 g/mol. The number of ether oxygens (including phenoxy) is 8. The van der Waals surface area contributed by atoms with Crippen molar-refractivity contribution < 1.29 is 50.5 Å². The molecule has 0 aromatic heterocycles. The highest BCUT2D eigenvalue weighted by molar-refractivity contribution is 7.86. The molecule has 0 heterocycles. The van der Waals surface area contributed by atoms with Gasteiger partial charge >= 0.3 is 0 Å². The molecule has 0 spiro atoms. The molecule has 0 fully saturated rings. The number of hydrogen-bond donors (Lipinski definition) is 0. The molecule has 0 saturated carbocycles. The lowest BCUT2D eigenvalue weighted by Gasteiger charge is -2.09. The highest BCUT2D eigenvalue weighted by Gasteiger charge is 2.14. The van der Waals surface area contributed by atoms with Crippen LogP contribution in [0.3, 0.4) is 0 Å². The number of benzene rings is 1. The monoisotopic (exact) mass is 580 g/mol. The third kappa shape index (κ3) is 22.2. The molecule has 0 atom stereocenters. The number of aryl methyl sites for hydroxylation is 1. The topological polar surface area (TPSA) is 117 Å². The van der Waals surface area contributed by atoms with Crippen LogP contribution in [0.5, 0.6) is 0 Å². The van der Waals surface area contributed by atoms with Gasteiger partial charge in [0.05, 0.1) is 111 Å². The predicted molar refractivity (Wildman–Crippen MR) is 146 cm³/mol. The summed E-state index contributed by atoms with van der Waals surface area (Å²) in [5.41, 5.74) is 0.979. The van der Waals surface area contributed by atoms with Gasteiger partial charge in [-0.2, -0.15) is 8.42 Å². The standard InChI is InChI=1S/C27H48O11S/c1-3-4-9-30-10-11-31-12-13-32-14-15-33-16-17-34-18-19-35-20-21-36-22-23-37-24-25-38-39(28,29)27-7-5-26(2)6-8-27/h5-8H,3-4,9-25H2,1-2H3. The van der Waals surface area contributed by atoms with E-state index < -0.39 is 10.1 Å². The SMILES string of the molecule is CCCCOCCOCCOCCOCCOCCOCCOCCOCCOS(=O)(=O)c1ccc(C)cc1. The third-order valence-corrected chi connectivity index (χ3v) is 6.35. The molecule has 0 amide bonds. The highest BCUT2D eigenvalue weighted by atomic mass is 32.2. The van der Waals surface area contributed by atoms with Crippen LogP contribution < -0.4 is 0 Å². The van der Waals surface area contributed by atoms with E-state index in [4.69, 9.17) is 42.1 Å². The maximum Gasteiger partial charge on any atom is 0.297 e. The predicted octanol–water partition coefficient (Wildman–Crippen LogP) is 2.63. The lowest BCUT2D eigenvalue weighted by Crippen LogP contribution is -2.15. The van der Waals surface area contributed by atoms with E-state index in [1.54, 1.807) is 12.1 Å². The fourth-order valence-electron chi connectivity index (χ4n) is 2.86. The van der Waals surface area contributed by atoms with E-state index in [0.29, 0.717) is 92.5 Å². The zero-order valence-corrected chi connectivity index (χ0v) is 24.5. The molecule has 0 saturated heterocycles. The summed E-state index contributed by atoms with van der Waals surface area (Å²) in [6, 6.07) is 6.49. The summed E-state index contributed by atoms with van der Waals surface area (Å²) < 4.78 is 72.4. The zero-order valence-electron chi connectivity index (χ0n) is 23.6. The summed E-state index contributed by atoms with van der Waals surface area (Å²) in [4.78, 5) is 0.133. The second-order valence-electron chi connectivity index (χ2n) is 8.34. The van der Waals surface area contributed by atoms with Crippen molar-refractivity contribution >= 4 is 10.1 Å². The van der Waals surface area contributed by atoms with Gasteiger partial charge < -0.3 is 37.9 Å². The molecule has 0 radical (unpaired) electrons. The van der Waals surface area contributed by atoms with Crippen molar-refractivity contribution in [2.45, 2.75) is 31.6 Å². The fourth-order valence-corrected chi connectivity index (χ4v) is 3.76. The van der Waals surface area contributed by atoms with Crippen LogP contribution in [0, 0.1) is 6.92 Å². The van der Waals surface area contributed by atoms with Gasteiger partial charge in [0.1, 0.15) is 0 Å². The van der Waals surface area contributed by atoms with Crippen LogP contribution in [0.15, 0.2) is 29.2 Å². The Labute approximate surface area is 234 Å². The Morgan fingerprint density at radius 3 is 1.13 bits per heavy atom. The second-order valence-corrected chi connectivity index (χ2v) is 9.96. The van der Waals surface area contributed by atoms with Gasteiger partial charge in [-0.15, -0.1) is 0 Å². The van der Waals surface area contributed by atoms with E-state index in [1.807, 2.05) is 6.92 Å². The summed E-state index contributed by atoms with van der Waals surface area (Å²) in [6.07, 6.45) is 2.23. The van der Waals surface area contributed by atoms with Crippen LogP contribution in [0.1, 0.15) is 25.3 Å².